The third-order valence-corrected chi connectivity index (χ3v) is 6.89. The number of rotatable bonds is 8. The molecule has 1 N–H and O–H groups in total. The van der Waals surface area contributed by atoms with Crippen molar-refractivity contribution >= 4 is 61.7 Å². The zero-order chi connectivity index (χ0) is 19.8. The summed E-state index contributed by atoms with van der Waals surface area (Å²) in [5.41, 5.74) is 0.787. The summed E-state index contributed by atoms with van der Waals surface area (Å²) < 4.78 is 0.772. The Kier molecular flexibility index (Phi) is 8.11. The Balaban J connectivity index is 1.43. The van der Waals surface area contributed by atoms with Gasteiger partial charge in [0.1, 0.15) is 0 Å². The molecule has 0 radical (unpaired) electrons. The summed E-state index contributed by atoms with van der Waals surface area (Å²) in [4.78, 5) is 28.2. The van der Waals surface area contributed by atoms with Gasteiger partial charge in [-0.05, 0) is 18.6 Å². The van der Waals surface area contributed by atoms with Gasteiger partial charge in [-0.3, -0.25) is 9.59 Å². The minimum atomic E-state index is -0.0662. The average Bonchev–Trinajstić information content (AvgIpc) is 3.20. The van der Waals surface area contributed by atoms with Crippen LogP contribution in [-0.4, -0.2) is 64.2 Å². The van der Waals surface area contributed by atoms with Gasteiger partial charge in [0, 0.05) is 43.6 Å². The van der Waals surface area contributed by atoms with E-state index in [4.69, 9.17) is 0 Å². The van der Waals surface area contributed by atoms with Crippen LogP contribution in [0.2, 0.25) is 0 Å². The Bertz CT molecular complexity index is 781. The number of carbonyl (C=O) groups is 2. The first-order chi connectivity index (χ1) is 13.7. The molecule has 0 unspecified atom stereocenters. The number of anilines is 2. The van der Waals surface area contributed by atoms with Gasteiger partial charge in [-0.2, -0.15) is 0 Å². The first kappa shape index (κ1) is 21.1. The fourth-order valence-corrected chi connectivity index (χ4v) is 4.73. The summed E-state index contributed by atoms with van der Waals surface area (Å²) in [7, 11) is 0. The zero-order valence-electron chi connectivity index (χ0n) is 15.3. The second-order valence-corrected chi connectivity index (χ2v) is 9.19. The Labute approximate surface area is 181 Å². The minimum absolute atomic E-state index is 0.0662. The molecule has 1 aliphatic rings. The number of benzene rings is 1. The molecule has 2 amide bonds. The summed E-state index contributed by atoms with van der Waals surface area (Å²) in [6.45, 7) is 2.94. The van der Waals surface area contributed by atoms with E-state index < -0.39 is 0 Å². The van der Waals surface area contributed by atoms with Crippen molar-refractivity contribution in [3.63, 3.8) is 0 Å². The Morgan fingerprint density at radius 1 is 1.14 bits per heavy atom. The van der Waals surface area contributed by atoms with Gasteiger partial charge in [-0.25, -0.2) is 0 Å². The number of hydrogen-bond acceptors (Lipinski definition) is 7. The quantitative estimate of drug-likeness (QED) is 0.459. The van der Waals surface area contributed by atoms with Crippen LogP contribution in [0, 0.1) is 0 Å². The summed E-state index contributed by atoms with van der Waals surface area (Å²) >= 11 is 6.24. The summed E-state index contributed by atoms with van der Waals surface area (Å²) in [6, 6.07) is 9.39. The molecule has 0 atom stereocenters. The third kappa shape index (κ3) is 6.18. The molecule has 2 heterocycles. The second kappa shape index (κ2) is 10.8. The topological polar surface area (TPSA) is 78.4 Å². The van der Waals surface area contributed by atoms with Crippen molar-refractivity contribution in [1.82, 2.24) is 15.1 Å². The van der Waals surface area contributed by atoms with Crippen LogP contribution in [-0.2, 0) is 9.59 Å². The van der Waals surface area contributed by atoms with E-state index in [0.29, 0.717) is 25.3 Å². The van der Waals surface area contributed by atoms with Gasteiger partial charge in [0.2, 0.25) is 16.9 Å². The number of alkyl halides is 1. The van der Waals surface area contributed by atoms with E-state index in [0.717, 1.165) is 40.0 Å². The number of carbonyl (C=O) groups excluding carboxylic acids is 2. The first-order valence-corrected chi connectivity index (χ1v) is 12.0. The zero-order valence-corrected chi connectivity index (χ0v) is 18.6. The Morgan fingerprint density at radius 2 is 1.89 bits per heavy atom. The van der Waals surface area contributed by atoms with Gasteiger partial charge in [0.15, 0.2) is 4.34 Å². The second-order valence-electron chi connectivity index (χ2n) is 6.21. The van der Waals surface area contributed by atoms with E-state index in [1.54, 1.807) is 0 Å². The van der Waals surface area contributed by atoms with Crippen molar-refractivity contribution in [3.8, 4) is 0 Å². The highest BCUT2D eigenvalue weighted by molar-refractivity contribution is 9.09. The molecule has 7 nitrogen and oxygen atoms in total. The van der Waals surface area contributed by atoms with E-state index in [-0.39, 0.29) is 11.8 Å². The van der Waals surface area contributed by atoms with Crippen molar-refractivity contribution in [2.24, 2.45) is 0 Å². The molecule has 1 aromatic carbocycles. The van der Waals surface area contributed by atoms with E-state index >= 15 is 0 Å². The van der Waals surface area contributed by atoms with Crippen LogP contribution in [0.1, 0.15) is 12.8 Å². The molecular formula is C18H22BrN5O2S2. The van der Waals surface area contributed by atoms with Crippen molar-refractivity contribution in [2.75, 3.05) is 47.5 Å². The number of para-hydroxylation sites is 1. The van der Waals surface area contributed by atoms with Crippen molar-refractivity contribution < 1.29 is 9.59 Å². The largest absolute Gasteiger partial charge is 0.343 e. The number of piperazine rings is 1. The highest BCUT2D eigenvalue weighted by Gasteiger charge is 2.23. The SMILES string of the molecule is O=C(CSc1nnc(N2CCN(C(=O)CCCBr)CC2)s1)Nc1ccccc1. The minimum Gasteiger partial charge on any atom is -0.343 e. The standard InChI is InChI=1S/C18H22BrN5O2S2/c19-8-4-7-16(26)23-9-11-24(12-10-23)17-21-22-18(28-17)27-13-15(25)20-14-5-2-1-3-6-14/h1-3,5-6H,4,7-13H2,(H,20,25). The summed E-state index contributed by atoms with van der Waals surface area (Å²) in [5, 5.41) is 13.0. The highest BCUT2D eigenvalue weighted by atomic mass is 79.9. The number of nitrogens with zero attached hydrogens (tertiary/aromatic N) is 4. The monoisotopic (exact) mass is 483 g/mol. The normalized spacial score (nSPS) is 14.2. The molecule has 1 fully saturated rings. The van der Waals surface area contributed by atoms with Gasteiger partial charge < -0.3 is 15.1 Å². The lowest BCUT2D eigenvalue weighted by Crippen LogP contribution is -2.48. The molecule has 10 heteroatoms. The smallest absolute Gasteiger partial charge is 0.234 e. The molecule has 1 aliphatic heterocycles. The number of halogens is 1. The van der Waals surface area contributed by atoms with Crippen molar-refractivity contribution in [3.05, 3.63) is 30.3 Å². The summed E-state index contributed by atoms with van der Waals surface area (Å²) in [6.07, 6.45) is 1.46. The van der Waals surface area contributed by atoms with Gasteiger partial charge in [-0.1, -0.05) is 57.2 Å². The molecule has 0 saturated carbocycles. The fraction of sp³-hybridized carbons (Fsp3) is 0.444. The predicted octanol–water partition coefficient (Wildman–Crippen LogP) is 3.09. The lowest BCUT2D eigenvalue weighted by Gasteiger charge is -2.34. The van der Waals surface area contributed by atoms with Gasteiger partial charge >= 0.3 is 0 Å². The molecule has 28 heavy (non-hydrogen) atoms. The maximum absolute atomic E-state index is 12.1. The average molecular weight is 484 g/mol. The molecule has 2 aromatic rings. The van der Waals surface area contributed by atoms with Gasteiger partial charge in [0.25, 0.3) is 0 Å². The molecule has 0 aliphatic carbocycles. The van der Waals surface area contributed by atoms with Crippen LogP contribution in [0.25, 0.3) is 0 Å². The number of aromatic nitrogens is 2. The molecule has 150 valence electrons. The maximum Gasteiger partial charge on any atom is 0.234 e. The first-order valence-electron chi connectivity index (χ1n) is 9.05. The molecular weight excluding hydrogens is 462 g/mol. The Hall–Kier alpha value is -1.65. The number of hydrogen-bond donors (Lipinski definition) is 1. The lowest BCUT2D eigenvalue weighted by atomic mass is 10.2. The van der Waals surface area contributed by atoms with Crippen LogP contribution < -0.4 is 10.2 Å². The molecule has 1 aromatic heterocycles. The lowest BCUT2D eigenvalue weighted by molar-refractivity contribution is -0.131. The van der Waals surface area contributed by atoms with E-state index in [9.17, 15) is 9.59 Å². The van der Waals surface area contributed by atoms with E-state index in [1.165, 1.54) is 23.1 Å². The Morgan fingerprint density at radius 3 is 2.61 bits per heavy atom. The van der Waals surface area contributed by atoms with Crippen LogP contribution >= 0.6 is 39.0 Å². The van der Waals surface area contributed by atoms with E-state index in [2.05, 4.69) is 36.3 Å². The van der Waals surface area contributed by atoms with Crippen LogP contribution in [0.5, 0.6) is 0 Å². The third-order valence-electron chi connectivity index (χ3n) is 4.21. The van der Waals surface area contributed by atoms with Gasteiger partial charge in [0.05, 0.1) is 5.75 Å². The molecule has 3 rings (SSSR count). The van der Waals surface area contributed by atoms with Crippen LogP contribution in [0.4, 0.5) is 10.8 Å². The van der Waals surface area contributed by atoms with Crippen LogP contribution in [0.3, 0.4) is 0 Å². The molecule has 0 spiro atoms. The van der Waals surface area contributed by atoms with Crippen molar-refractivity contribution in [1.29, 1.82) is 0 Å². The van der Waals surface area contributed by atoms with Crippen molar-refractivity contribution in [2.45, 2.75) is 17.2 Å². The summed E-state index contributed by atoms with van der Waals surface area (Å²) in [5.74, 6) is 0.444. The van der Waals surface area contributed by atoms with E-state index in [1.807, 2.05) is 35.2 Å². The van der Waals surface area contributed by atoms with Gasteiger partial charge in [-0.15, -0.1) is 10.2 Å². The number of amides is 2. The molecule has 0 bridgehead atoms. The predicted molar refractivity (Wildman–Crippen MR) is 118 cm³/mol. The fourth-order valence-electron chi connectivity index (χ4n) is 2.76. The number of thioether (sulfide) groups is 1. The number of nitrogens with one attached hydrogen (secondary N) is 1. The maximum atomic E-state index is 12.1. The van der Waals surface area contributed by atoms with Crippen LogP contribution in [0.15, 0.2) is 34.7 Å². The molecule has 1 saturated heterocycles. The highest BCUT2D eigenvalue weighted by Crippen LogP contribution is 2.28.